The molecule has 1 aliphatic rings. The van der Waals surface area contributed by atoms with Crippen molar-refractivity contribution in [2.75, 3.05) is 25.0 Å². The van der Waals surface area contributed by atoms with Crippen LogP contribution in [0.2, 0.25) is 5.02 Å². The fourth-order valence-electron chi connectivity index (χ4n) is 3.35. The number of thiazole rings is 1. The van der Waals surface area contributed by atoms with Crippen LogP contribution in [0.25, 0.3) is 11.3 Å². The minimum absolute atomic E-state index is 0.00178. The normalized spacial score (nSPS) is 14.2. The van der Waals surface area contributed by atoms with Gasteiger partial charge in [-0.15, -0.1) is 11.3 Å². The molecule has 0 atom stereocenters. The van der Waals surface area contributed by atoms with E-state index in [-0.39, 0.29) is 26.4 Å². The Hall–Kier alpha value is -2.86. The first kappa shape index (κ1) is 24.3. The molecule has 2 aromatic carbocycles. The monoisotopic (exact) mass is 523 g/mol. The first-order valence-corrected chi connectivity index (χ1v) is 12.9. The minimum Gasteiger partial charge on any atom is -0.452 e. The largest absolute Gasteiger partial charge is 0.452 e. The molecule has 0 saturated carbocycles. The maximum absolute atomic E-state index is 13.1. The van der Waals surface area contributed by atoms with Crippen LogP contribution in [0.3, 0.4) is 0 Å². The Morgan fingerprint density at radius 2 is 1.85 bits per heavy atom. The number of ether oxygens (including phenoxy) is 1. The molecule has 0 radical (unpaired) electrons. The van der Waals surface area contributed by atoms with Crippen molar-refractivity contribution in [2.45, 2.75) is 17.7 Å². The molecule has 1 fully saturated rings. The number of carbonyl (C=O) groups excluding carboxylic acids is 2. The summed E-state index contributed by atoms with van der Waals surface area (Å²) < 4.78 is 45.1. The molecule has 3 aromatic rings. The predicted molar refractivity (Wildman–Crippen MR) is 126 cm³/mol. The number of sulfonamides is 1. The molecule has 1 amide bonds. The number of nitrogens with zero attached hydrogens (tertiary/aromatic N) is 2. The van der Waals surface area contributed by atoms with Gasteiger partial charge < -0.3 is 4.74 Å². The molecule has 34 heavy (non-hydrogen) atoms. The third-order valence-corrected chi connectivity index (χ3v) is 8.21. The van der Waals surface area contributed by atoms with Crippen LogP contribution in [0.15, 0.2) is 52.7 Å². The van der Waals surface area contributed by atoms with Crippen LogP contribution in [0, 0.1) is 5.82 Å². The molecule has 0 aliphatic carbocycles. The van der Waals surface area contributed by atoms with E-state index in [4.69, 9.17) is 16.3 Å². The lowest BCUT2D eigenvalue weighted by Crippen LogP contribution is -2.28. The van der Waals surface area contributed by atoms with Gasteiger partial charge in [-0.05, 0) is 55.3 Å². The topological polar surface area (TPSA) is 106 Å². The summed E-state index contributed by atoms with van der Waals surface area (Å²) in [5, 5.41) is 4.51. The van der Waals surface area contributed by atoms with Gasteiger partial charge in [-0.2, -0.15) is 4.31 Å². The number of aromatic nitrogens is 1. The molecule has 0 spiro atoms. The summed E-state index contributed by atoms with van der Waals surface area (Å²) in [6, 6.07) is 9.57. The first-order chi connectivity index (χ1) is 16.2. The van der Waals surface area contributed by atoms with Crippen molar-refractivity contribution in [1.82, 2.24) is 9.29 Å². The van der Waals surface area contributed by atoms with Crippen LogP contribution in [-0.4, -0.2) is 49.3 Å². The molecule has 1 aliphatic heterocycles. The highest BCUT2D eigenvalue weighted by molar-refractivity contribution is 7.89. The lowest BCUT2D eigenvalue weighted by molar-refractivity contribution is -0.119. The van der Waals surface area contributed by atoms with Crippen LogP contribution < -0.4 is 5.32 Å². The Balaban J connectivity index is 1.37. The van der Waals surface area contributed by atoms with E-state index in [1.807, 2.05) is 0 Å². The van der Waals surface area contributed by atoms with Crippen molar-refractivity contribution in [2.24, 2.45) is 0 Å². The molecule has 0 bridgehead atoms. The molecule has 0 unspecified atom stereocenters. The average Bonchev–Trinajstić information content (AvgIpc) is 3.51. The number of amides is 1. The minimum atomic E-state index is -3.83. The summed E-state index contributed by atoms with van der Waals surface area (Å²) in [6.07, 6.45) is 1.52. The Bertz CT molecular complexity index is 1320. The second-order valence-corrected chi connectivity index (χ2v) is 10.6. The number of carbonyl (C=O) groups is 2. The van der Waals surface area contributed by atoms with Gasteiger partial charge in [0.1, 0.15) is 10.7 Å². The van der Waals surface area contributed by atoms with E-state index in [0.717, 1.165) is 30.2 Å². The maximum Gasteiger partial charge on any atom is 0.338 e. The van der Waals surface area contributed by atoms with Gasteiger partial charge in [-0.3, -0.25) is 10.1 Å². The molecule has 8 nitrogen and oxygen atoms in total. The molecule has 4 rings (SSSR count). The van der Waals surface area contributed by atoms with Gasteiger partial charge in [-0.1, -0.05) is 11.6 Å². The van der Waals surface area contributed by atoms with E-state index in [1.165, 1.54) is 28.6 Å². The highest BCUT2D eigenvalue weighted by atomic mass is 35.5. The molecular weight excluding hydrogens is 505 g/mol. The summed E-state index contributed by atoms with van der Waals surface area (Å²) in [5.41, 5.74) is 1.21. The number of nitrogens with one attached hydrogen (secondary N) is 1. The van der Waals surface area contributed by atoms with E-state index in [9.17, 15) is 22.4 Å². The standard InChI is InChI=1S/C22H19ClFN3O5S2/c23-17-8-5-15(11-19(17)34(30,31)27-9-1-2-10-27)21(29)32-12-20(28)26-22-25-18(13-33-22)14-3-6-16(24)7-4-14/h3-8,11,13H,1-2,9-10,12H2,(H,25,26,28). The first-order valence-electron chi connectivity index (χ1n) is 10.2. The number of benzene rings is 2. The second kappa shape index (κ2) is 10.2. The van der Waals surface area contributed by atoms with Gasteiger partial charge in [0.05, 0.1) is 16.3 Å². The van der Waals surface area contributed by atoms with Crippen LogP contribution in [0.4, 0.5) is 9.52 Å². The fraction of sp³-hybridized carbons (Fsp3) is 0.227. The fourth-order valence-corrected chi connectivity index (χ4v) is 6.10. The number of halogens is 2. The van der Waals surface area contributed by atoms with Crippen molar-refractivity contribution < 1.29 is 27.1 Å². The molecular formula is C22H19ClFN3O5S2. The molecule has 1 aromatic heterocycles. The Morgan fingerprint density at radius 1 is 1.15 bits per heavy atom. The molecule has 2 heterocycles. The highest BCUT2D eigenvalue weighted by Gasteiger charge is 2.30. The van der Waals surface area contributed by atoms with Crippen LogP contribution in [0.1, 0.15) is 23.2 Å². The lowest BCUT2D eigenvalue weighted by Gasteiger charge is -2.17. The van der Waals surface area contributed by atoms with Gasteiger partial charge in [-0.25, -0.2) is 22.6 Å². The smallest absolute Gasteiger partial charge is 0.338 e. The molecule has 1 saturated heterocycles. The van der Waals surface area contributed by atoms with Crippen molar-refractivity contribution in [3.8, 4) is 11.3 Å². The summed E-state index contributed by atoms with van der Waals surface area (Å²) in [4.78, 5) is 28.7. The number of rotatable bonds is 7. The van der Waals surface area contributed by atoms with Crippen LogP contribution >= 0.6 is 22.9 Å². The van der Waals surface area contributed by atoms with E-state index in [1.54, 1.807) is 17.5 Å². The summed E-state index contributed by atoms with van der Waals surface area (Å²) >= 11 is 7.25. The second-order valence-electron chi connectivity index (χ2n) is 7.43. The predicted octanol–water partition coefficient (Wildman–Crippen LogP) is 4.18. The Morgan fingerprint density at radius 3 is 2.56 bits per heavy atom. The van der Waals surface area contributed by atoms with Crippen molar-refractivity contribution in [3.63, 3.8) is 0 Å². The quantitative estimate of drug-likeness (QED) is 0.466. The molecule has 178 valence electrons. The average molecular weight is 524 g/mol. The maximum atomic E-state index is 13.1. The van der Waals surface area contributed by atoms with E-state index in [2.05, 4.69) is 10.3 Å². The highest BCUT2D eigenvalue weighted by Crippen LogP contribution is 2.28. The van der Waals surface area contributed by atoms with Crippen LogP contribution in [-0.2, 0) is 19.6 Å². The van der Waals surface area contributed by atoms with Crippen molar-refractivity contribution in [1.29, 1.82) is 0 Å². The molecule has 1 N–H and O–H groups in total. The third-order valence-electron chi connectivity index (χ3n) is 5.07. The number of anilines is 1. The van der Waals surface area contributed by atoms with Crippen LogP contribution in [0.5, 0.6) is 0 Å². The van der Waals surface area contributed by atoms with Gasteiger partial charge in [0.2, 0.25) is 10.0 Å². The third kappa shape index (κ3) is 5.44. The number of hydrogen-bond donors (Lipinski definition) is 1. The van der Waals surface area contributed by atoms with Crippen molar-refractivity contribution >= 4 is 50.0 Å². The Kier molecular flexibility index (Phi) is 7.27. The van der Waals surface area contributed by atoms with Gasteiger partial charge in [0, 0.05) is 24.0 Å². The zero-order valence-corrected chi connectivity index (χ0v) is 20.1. The van der Waals surface area contributed by atoms with Gasteiger partial charge in [0.25, 0.3) is 5.91 Å². The summed E-state index contributed by atoms with van der Waals surface area (Å²) in [6.45, 7) is 0.196. The molecule has 12 heteroatoms. The number of hydrogen-bond acceptors (Lipinski definition) is 7. The lowest BCUT2D eigenvalue weighted by atomic mass is 10.2. The SMILES string of the molecule is O=C(COC(=O)c1ccc(Cl)c(S(=O)(=O)N2CCCC2)c1)Nc1nc(-c2ccc(F)cc2)cs1. The zero-order chi connectivity index (χ0) is 24.3. The van der Waals surface area contributed by atoms with Gasteiger partial charge in [0.15, 0.2) is 11.7 Å². The Labute approximate surface area is 204 Å². The number of esters is 1. The zero-order valence-electron chi connectivity index (χ0n) is 17.7. The van der Waals surface area contributed by atoms with Crippen molar-refractivity contribution in [3.05, 3.63) is 64.2 Å². The van der Waals surface area contributed by atoms with E-state index >= 15 is 0 Å². The van der Waals surface area contributed by atoms with E-state index in [0.29, 0.717) is 24.3 Å². The van der Waals surface area contributed by atoms with E-state index < -0.39 is 28.5 Å². The summed E-state index contributed by atoms with van der Waals surface area (Å²) in [5.74, 6) is -1.85. The summed E-state index contributed by atoms with van der Waals surface area (Å²) in [7, 11) is -3.83. The van der Waals surface area contributed by atoms with Gasteiger partial charge >= 0.3 is 5.97 Å².